The first kappa shape index (κ1) is 20.7. The number of rotatable bonds is 9. The van der Waals surface area contributed by atoms with Gasteiger partial charge in [0.25, 0.3) is 5.91 Å². The molecule has 0 fully saturated rings. The van der Waals surface area contributed by atoms with Crippen LogP contribution in [0.15, 0.2) is 36.9 Å². The highest BCUT2D eigenvalue weighted by atomic mass is 35.5. The molecule has 1 aromatic heterocycles. The second-order valence-corrected chi connectivity index (χ2v) is 6.39. The van der Waals surface area contributed by atoms with E-state index in [1.54, 1.807) is 24.6 Å². The first-order valence-electron chi connectivity index (χ1n) is 8.34. The van der Waals surface area contributed by atoms with Crippen molar-refractivity contribution in [3.05, 3.63) is 64.5 Å². The van der Waals surface area contributed by atoms with Crippen molar-refractivity contribution in [2.75, 3.05) is 13.2 Å². The minimum Gasteiger partial charge on any atom is -0.480 e. The third-order valence-electron chi connectivity index (χ3n) is 4.01. The largest absolute Gasteiger partial charge is 0.480 e. The van der Waals surface area contributed by atoms with Gasteiger partial charge in [0, 0.05) is 10.7 Å². The Labute approximate surface area is 162 Å². The predicted molar refractivity (Wildman–Crippen MR) is 102 cm³/mol. The molecule has 0 aliphatic carbocycles. The fourth-order valence-electron chi connectivity index (χ4n) is 2.64. The summed E-state index contributed by atoms with van der Waals surface area (Å²) < 4.78 is 6.83. The number of benzene rings is 1. The number of hydrogen-bond acceptors (Lipinski definition) is 4. The van der Waals surface area contributed by atoms with Crippen molar-refractivity contribution in [3.8, 4) is 0 Å². The van der Waals surface area contributed by atoms with Crippen molar-refractivity contribution in [2.24, 2.45) is 0 Å². The summed E-state index contributed by atoms with van der Waals surface area (Å²) in [6, 6.07) is 6.23. The lowest BCUT2D eigenvalue weighted by Gasteiger charge is -2.14. The zero-order chi connectivity index (χ0) is 20.0. The quantitative estimate of drug-likeness (QED) is 0.506. The molecule has 1 atom stereocenters. The SMILES string of the molecule is C=CCOCC(NC(=O)c1c(C)nn(Cc2ccccc2Cl)c1C)C(=O)O. The van der Waals surface area contributed by atoms with Crippen LogP contribution in [0.1, 0.15) is 27.3 Å². The number of hydrogen-bond donors (Lipinski definition) is 2. The van der Waals surface area contributed by atoms with Gasteiger partial charge >= 0.3 is 5.97 Å². The van der Waals surface area contributed by atoms with Gasteiger partial charge in [0.15, 0.2) is 6.04 Å². The van der Waals surface area contributed by atoms with Crippen LogP contribution >= 0.6 is 11.6 Å². The van der Waals surface area contributed by atoms with Crippen molar-refractivity contribution >= 4 is 23.5 Å². The molecule has 0 saturated carbocycles. The van der Waals surface area contributed by atoms with Gasteiger partial charge < -0.3 is 15.2 Å². The maximum atomic E-state index is 12.6. The Bertz CT molecular complexity index is 847. The van der Waals surface area contributed by atoms with Crippen LogP contribution < -0.4 is 5.32 Å². The molecule has 7 nitrogen and oxygen atoms in total. The number of nitrogens with zero attached hydrogens (tertiary/aromatic N) is 2. The van der Waals surface area contributed by atoms with E-state index in [1.165, 1.54) is 6.08 Å². The molecule has 2 rings (SSSR count). The number of aryl methyl sites for hydroxylation is 1. The Hall–Kier alpha value is -2.64. The van der Waals surface area contributed by atoms with Crippen molar-refractivity contribution in [3.63, 3.8) is 0 Å². The van der Waals surface area contributed by atoms with E-state index in [4.69, 9.17) is 16.3 Å². The summed E-state index contributed by atoms with van der Waals surface area (Å²) in [6.45, 7) is 7.42. The molecule has 0 radical (unpaired) electrons. The normalized spacial score (nSPS) is 11.8. The van der Waals surface area contributed by atoms with Crippen LogP contribution in [0.4, 0.5) is 0 Å². The summed E-state index contributed by atoms with van der Waals surface area (Å²) in [5, 5.41) is 16.8. The maximum absolute atomic E-state index is 12.6. The number of nitrogens with one attached hydrogen (secondary N) is 1. The van der Waals surface area contributed by atoms with E-state index >= 15 is 0 Å². The zero-order valence-electron chi connectivity index (χ0n) is 15.2. The first-order chi connectivity index (χ1) is 12.8. The molecule has 8 heteroatoms. The monoisotopic (exact) mass is 391 g/mol. The number of amides is 1. The summed E-state index contributed by atoms with van der Waals surface area (Å²) in [6.07, 6.45) is 1.51. The Morgan fingerprint density at radius 3 is 2.74 bits per heavy atom. The van der Waals surface area contributed by atoms with Gasteiger partial charge in [0.1, 0.15) is 0 Å². The van der Waals surface area contributed by atoms with Crippen LogP contribution in [0.3, 0.4) is 0 Å². The minimum absolute atomic E-state index is 0.154. The zero-order valence-corrected chi connectivity index (χ0v) is 16.0. The standard InChI is InChI=1S/C19H22ClN3O4/c1-4-9-27-11-16(19(25)26)21-18(24)17-12(2)22-23(13(17)3)10-14-7-5-6-8-15(14)20/h4-8,16H,1,9-11H2,2-3H3,(H,21,24)(H,25,26). The molecule has 2 aromatic rings. The summed E-state index contributed by atoms with van der Waals surface area (Å²) in [7, 11) is 0. The van der Waals surface area contributed by atoms with E-state index in [2.05, 4.69) is 17.0 Å². The highest BCUT2D eigenvalue weighted by Gasteiger charge is 2.25. The molecule has 1 amide bonds. The lowest BCUT2D eigenvalue weighted by molar-refractivity contribution is -0.140. The van der Waals surface area contributed by atoms with Gasteiger partial charge in [-0.3, -0.25) is 9.48 Å². The highest BCUT2D eigenvalue weighted by Crippen LogP contribution is 2.19. The van der Waals surface area contributed by atoms with Crippen LogP contribution in [-0.4, -0.2) is 46.0 Å². The smallest absolute Gasteiger partial charge is 0.328 e. The topological polar surface area (TPSA) is 93.5 Å². The number of aliphatic carboxylic acids is 1. The molecule has 0 spiro atoms. The number of carbonyl (C=O) groups is 2. The van der Waals surface area contributed by atoms with Gasteiger partial charge in [-0.05, 0) is 25.5 Å². The number of carbonyl (C=O) groups excluding carboxylic acids is 1. The number of carboxylic acid groups (broad SMARTS) is 1. The van der Waals surface area contributed by atoms with Crippen LogP contribution in [0, 0.1) is 13.8 Å². The second kappa shape index (κ2) is 9.34. The number of carboxylic acids is 1. The van der Waals surface area contributed by atoms with E-state index in [9.17, 15) is 14.7 Å². The van der Waals surface area contributed by atoms with Crippen molar-refractivity contribution in [2.45, 2.75) is 26.4 Å². The first-order valence-corrected chi connectivity index (χ1v) is 8.72. The highest BCUT2D eigenvalue weighted by molar-refractivity contribution is 6.31. The molecule has 0 saturated heterocycles. The third-order valence-corrected chi connectivity index (χ3v) is 4.38. The van der Waals surface area contributed by atoms with E-state index in [0.29, 0.717) is 28.5 Å². The Kier molecular flexibility index (Phi) is 7.15. The van der Waals surface area contributed by atoms with Crippen LogP contribution in [-0.2, 0) is 16.1 Å². The fraction of sp³-hybridized carbons (Fsp3) is 0.316. The summed E-state index contributed by atoms with van der Waals surface area (Å²) in [5.41, 5.74) is 2.35. The second-order valence-electron chi connectivity index (χ2n) is 5.99. The predicted octanol–water partition coefficient (Wildman–Crippen LogP) is 2.59. The van der Waals surface area contributed by atoms with Gasteiger partial charge in [-0.15, -0.1) is 6.58 Å². The lowest BCUT2D eigenvalue weighted by atomic mass is 10.1. The van der Waals surface area contributed by atoms with Crippen molar-refractivity contribution < 1.29 is 19.4 Å². The molecular weight excluding hydrogens is 370 g/mol. The number of aromatic nitrogens is 2. The Morgan fingerprint density at radius 1 is 1.41 bits per heavy atom. The van der Waals surface area contributed by atoms with Crippen molar-refractivity contribution in [1.82, 2.24) is 15.1 Å². The van der Waals surface area contributed by atoms with E-state index in [1.807, 2.05) is 18.2 Å². The third kappa shape index (κ3) is 5.18. The Balaban J connectivity index is 2.19. The van der Waals surface area contributed by atoms with Gasteiger partial charge in [-0.1, -0.05) is 35.9 Å². The molecule has 144 valence electrons. The van der Waals surface area contributed by atoms with E-state index in [0.717, 1.165) is 5.56 Å². The Morgan fingerprint density at radius 2 is 2.11 bits per heavy atom. The molecular formula is C19H22ClN3O4. The summed E-state index contributed by atoms with van der Waals surface area (Å²) in [5.74, 6) is -1.68. The average molecular weight is 392 g/mol. The molecule has 1 aromatic carbocycles. The van der Waals surface area contributed by atoms with Crippen molar-refractivity contribution in [1.29, 1.82) is 0 Å². The molecule has 2 N–H and O–H groups in total. The number of ether oxygens (including phenoxy) is 1. The number of halogens is 1. The van der Waals surface area contributed by atoms with E-state index < -0.39 is 17.9 Å². The van der Waals surface area contributed by atoms with Crippen LogP contribution in [0.25, 0.3) is 0 Å². The van der Waals surface area contributed by atoms with Gasteiger partial charge in [-0.2, -0.15) is 5.10 Å². The minimum atomic E-state index is -1.17. The molecule has 1 unspecified atom stereocenters. The molecule has 0 bridgehead atoms. The molecule has 0 aliphatic rings. The lowest BCUT2D eigenvalue weighted by Crippen LogP contribution is -2.44. The fourth-order valence-corrected chi connectivity index (χ4v) is 2.84. The summed E-state index contributed by atoms with van der Waals surface area (Å²) in [4.78, 5) is 24.0. The van der Waals surface area contributed by atoms with Crippen LogP contribution in [0.2, 0.25) is 5.02 Å². The van der Waals surface area contributed by atoms with Gasteiger partial charge in [0.2, 0.25) is 0 Å². The van der Waals surface area contributed by atoms with Gasteiger partial charge in [-0.25, -0.2) is 4.79 Å². The average Bonchev–Trinajstić information content (AvgIpc) is 2.89. The summed E-state index contributed by atoms with van der Waals surface area (Å²) >= 11 is 6.19. The van der Waals surface area contributed by atoms with Gasteiger partial charge in [0.05, 0.1) is 31.0 Å². The van der Waals surface area contributed by atoms with Crippen LogP contribution in [0.5, 0.6) is 0 Å². The molecule has 0 aliphatic heterocycles. The molecule has 27 heavy (non-hydrogen) atoms. The maximum Gasteiger partial charge on any atom is 0.328 e. The molecule has 1 heterocycles. The van der Waals surface area contributed by atoms with E-state index in [-0.39, 0.29) is 13.2 Å².